The molecule has 0 bridgehead atoms. The molecule has 0 saturated heterocycles. The normalized spacial score (nSPS) is 37.4. The van der Waals surface area contributed by atoms with E-state index in [1.54, 1.807) is 0 Å². The molecule has 5 aliphatic rings. The summed E-state index contributed by atoms with van der Waals surface area (Å²) < 4.78 is 22.9. The van der Waals surface area contributed by atoms with E-state index in [0.29, 0.717) is 51.2 Å². The standard InChI is InChI=1S/C49H74O8/c1-31(17-18-38(55-32(2)50)44(57-34(4)52)39(56-33(3)51)30-54-43(53)29-35-15-12-11-13-16-35)36-21-26-46(7)37(36)22-27-48(9)41(46)19-20-42-47(8)25-14-24-45(5,6)40(47)23-28-49(42,48)10/h11-13,15-16,31,36-42,44H,14,17-30H2,1-10H3. The quantitative estimate of drug-likeness (QED) is 0.144. The summed E-state index contributed by atoms with van der Waals surface area (Å²) in [6, 6.07) is 9.21. The summed E-state index contributed by atoms with van der Waals surface area (Å²) in [7, 11) is 0. The van der Waals surface area contributed by atoms with Gasteiger partial charge >= 0.3 is 23.9 Å². The first-order valence-corrected chi connectivity index (χ1v) is 22.5. The fourth-order valence-corrected chi connectivity index (χ4v) is 15.1. The minimum absolute atomic E-state index is 0.0379. The van der Waals surface area contributed by atoms with Gasteiger partial charge in [0.15, 0.2) is 12.2 Å². The summed E-state index contributed by atoms with van der Waals surface area (Å²) in [6.45, 7) is 21.8. The van der Waals surface area contributed by atoms with Crippen molar-refractivity contribution in [1.29, 1.82) is 0 Å². The summed E-state index contributed by atoms with van der Waals surface area (Å²) in [6.07, 6.45) is 12.7. The molecule has 6 rings (SSSR count). The van der Waals surface area contributed by atoms with Crippen LogP contribution in [0.3, 0.4) is 0 Å². The lowest BCUT2D eigenvalue weighted by atomic mass is 9.32. The molecule has 5 fully saturated rings. The predicted octanol–water partition coefficient (Wildman–Crippen LogP) is 10.5. The van der Waals surface area contributed by atoms with Crippen LogP contribution in [0.4, 0.5) is 0 Å². The largest absolute Gasteiger partial charge is 0.461 e. The average molecular weight is 791 g/mol. The van der Waals surface area contributed by atoms with Crippen molar-refractivity contribution in [2.45, 2.75) is 177 Å². The Morgan fingerprint density at radius 1 is 0.649 bits per heavy atom. The fourth-order valence-electron chi connectivity index (χ4n) is 15.1. The second kappa shape index (κ2) is 16.6. The Kier molecular flexibility index (Phi) is 12.7. The van der Waals surface area contributed by atoms with E-state index in [4.69, 9.17) is 18.9 Å². The molecule has 57 heavy (non-hydrogen) atoms. The summed E-state index contributed by atoms with van der Waals surface area (Å²) in [5.41, 5.74) is 2.66. The third-order valence-corrected chi connectivity index (χ3v) is 17.7. The van der Waals surface area contributed by atoms with Crippen molar-refractivity contribution in [2.75, 3.05) is 6.61 Å². The number of ether oxygens (including phenoxy) is 4. The molecule has 8 heteroatoms. The molecule has 0 amide bonds. The van der Waals surface area contributed by atoms with Crippen LogP contribution in [-0.2, 0) is 44.5 Å². The number of carbonyl (C=O) groups is 4. The topological polar surface area (TPSA) is 105 Å². The smallest absolute Gasteiger partial charge is 0.310 e. The van der Waals surface area contributed by atoms with E-state index < -0.39 is 42.2 Å². The second-order valence-electron chi connectivity index (χ2n) is 21.1. The van der Waals surface area contributed by atoms with Crippen LogP contribution in [0.2, 0.25) is 0 Å². The van der Waals surface area contributed by atoms with Gasteiger partial charge in [0.05, 0.1) is 6.42 Å². The van der Waals surface area contributed by atoms with E-state index in [1.807, 2.05) is 30.3 Å². The van der Waals surface area contributed by atoms with E-state index >= 15 is 0 Å². The van der Waals surface area contributed by atoms with Gasteiger partial charge in [0.1, 0.15) is 12.7 Å². The maximum Gasteiger partial charge on any atom is 0.310 e. The van der Waals surface area contributed by atoms with Crippen molar-refractivity contribution in [1.82, 2.24) is 0 Å². The molecule has 13 unspecified atom stereocenters. The van der Waals surface area contributed by atoms with Crippen LogP contribution in [0, 0.1) is 62.6 Å². The first kappa shape index (κ1) is 43.7. The van der Waals surface area contributed by atoms with Gasteiger partial charge in [-0.1, -0.05) is 85.2 Å². The zero-order valence-corrected chi connectivity index (χ0v) is 37.0. The lowest BCUT2D eigenvalue weighted by Crippen LogP contribution is -2.65. The highest BCUT2D eigenvalue weighted by Crippen LogP contribution is 2.78. The van der Waals surface area contributed by atoms with Crippen molar-refractivity contribution in [2.24, 2.45) is 62.6 Å². The van der Waals surface area contributed by atoms with Gasteiger partial charge in [-0.05, 0) is 145 Å². The molecular formula is C49H74O8. The van der Waals surface area contributed by atoms with Crippen molar-refractivity contribution in [3.63, 3.8) is 0 Å². The SMILES string of the molecule is CC(=O)OC(CCC(C)C1CCC2(C)C1CCC1(C)C2CCC2C3(C)CCCC(C)(C)C3CCC21C)C(OC(C)=O)C(COC(=O)Cc1ccccc1)OC(C)=O. The highest BCUT2D eigenvalue weighted by molar-refractivity contribution is 5.72. The predicted molar refractivity (Wildman–Crippen MR) is 221 cm³/mol. The fraction of sp³-hybridized carbons (Fsp3) is 0.796. The van der Waals surface area contributed by atoms with Gasteiger partial charge in [-0.3, -0.25) is 19.2 Å². The number of fused-ring (bicyclic) bond motifs is 7. The monoisotopic (exact) mass is 791 g/mol. The van der Waals surface area contributed by atoms with Crippen LogP contribution < -0.4 is 0 Å². The van der Waals surface area contributed by atoms with Gasteiger partial charge < -0.3 is 18.9 Å². The summed E-state index contributed by atoms with van der Waals surface area (Å²) in [4.78, 5) is 50.2. The van der Waals surface area contributed by atoms with E-state index in [1.165, 1.54) is 91.4 Å². The number of esters is 4. The summed E-state index contributed by atoms with van der Waals surface area (Å²) in [5, 5.41) is 0. The highest BCUT2D eigenvalue weighted by Gasteiger charge is 2.70. The Bertz CT molecular complexity index is 1620. The second-order valence-corrected chi connectivity index (χ2v) is 21.1. The molecule has 13 atom stereocenters. The molecule has 318 valence electrons. The molecule has 0 spiro atoms. The number of rotatable bonds is 13. The van der Waals surface area contributed by atoms with Crippen molar-refractivity contribution in [3.8, 4) is 0 Å². The van der Waals surface area contributed by atoms with Crippen LogP contribution in [0.5, 0.6) is 0 Å². The van der Waals surface area contributed by atoms with Gasteiger partial charge in [-0.25, -0.2) is 0 Å². The number of carbonyl (C=O) groups excluding carboxylic acids is 4. The molecule has 1 aromatic carbocycles. The maximum absolute atomic E-state index is 12.8. The zero-order valence-electron chi connectivity index (χ0n) is 37.0. The Morgan fingerprint density at radius 2 is 1.25 bits per heavy atom. The number of benzene rings is 1. The van der Waals surface area contributed by atoms with Gasteiger partial charge in [0, 0.05) is 20.8 Å². The Morgan fingerprint density at radius 3 is 1.88 bits per heavy atom. The molecule has 0 heterocycles. The van der Waals surface area contributed by atoms with Gasteiger partial charge in [-0.2, -0.15) is 0 Å². The van der Waals surface area contributed by atoms with Crippen LogP contribution in [0.15, 0.2) is 30.3 Å². The maximum atomic E-state index is 12.8. The van der Waals surface area contributed by atoms with Crippen molar-refractivity contribution < 1.29 is 38.1 Å². The Balaban J connectivity index is 1.16. The third-order valence-electron chi connectivity index (χ3n) is 17.7. The lowest BCUT2D eigenvalue weighted by molar-refractivity contribution is -0.241. The molecular weight excluding hydrogens is 717 g/mol. The summed E-state index contributed by atoms with van der Waals surface area (Å²) >= 11 is 0. The van der Waals surface area contributed by atoms with Gasteiger partial charge in [0.2, 0.25) is 0 Å². The van der Waals surface area contributed by atoms with Crippen LogP contribution >= 0.6 is 0 Å². The van der Waals surface area contributed by atoms with E-state index in [2.05, 4.69) is 48.5 Å². The first-order chi connectivity index (χ1) is 26.7. The Labute approximate surface area is 343 Å². The first-order valence-electron chi connectivity index (χ1n) is 22.5. The van der Waals surface area contributed by atoms with Crippen molar-refractivity contribution >= 4 is 23.9 Å². The van der Waals surface area contributed by atoms with E-state index in [-0.39, 0.29) is 13.0 Å². The van der Waals surface area contributed by atoms with Crippen LogP contribution in [-0.4, -0.2) is 48.8 Å². The number of hydrogen-bond acceptors (Lipinski definition) is 8. The Hall–Kier alpha value is -2.90. The molecule has 5 saturated carbocycles. The van der Waals surface area contributed by atoms with Gasteiger partial charge in [0.25, 0.3) is 0 Å². The average Bonchev–Trinajstić information content (AvgIpc) is 3.48. The number of hydrogen-bond donors (Lipinski definition) is 0. The van der Waals surface area contributed by atoms with Crippen molar-refractivity contribution in [3.05, 3.63) is 35.9 Å². The molecule has 0 aromatic heterocycles. The minimum Gasteiger partial charge on any atom is -0.461 e. The van der Waals surface area contributed by atoms with Crippen LogP contribution in [0.1, 0.15) is 158 Å². The highest BCUT2D eigenvalue weighted by atomic mass is 16.6. The van der Waals surface area contributed by atoms with Gasteiger partial charge in [-0.15, -0.1) is 0 Å². The lowest BCUT2D eigenvalue weighted by Gasteiger charge is -2.73. The third kappa shape index (κ3) is 8.32. The zero-order chi connectivity index (χ0) is 41.6. The molecule has 0 radical (unpaired) electrons. The molecule has 0 aliphatic heterocycles. The molecule has 8 nitrogen and oxygen atoms in total. The molecule has 5 aliphatic carbocycles. The molecule has 0 N–H and O–H groups in total. The summed E-state index contributed by atoms with van der Waals surface area (Å²) in [5.74, 6) is 1.63. The van der Waals surface area contributed by atoms with E-state index in [9.17, 15) is 19.2 Å². The molecule has 1 aromatic rings. The van der Waals surface area contributed by atoms with E-state index in [0.717, 1.165) is 29.7 Å². The van der Waals surface area contributed by atoms with Crippen LogP contribution in [0.25, 0.3) is 0 Å². The minimum atomic E-state index is -1.15.